The molecule has 3 aromatic carbocycles. The van der Waals surface area contributed by atoms with E-state index < -0.39 is 23.5 Å². The number of fused-ring (bicyclic) bond motifs is 1. The summed E-state index contributed by atoms with van der Waals surface area (Å²) >= 11 is 0. The van der Waals surface area contributed by atoms with Crippen LogP contribution in [0.25, 0.3) is 0 Å². The first-order chi connectivity index (χ1) is 22.0. The Balaban J connectivity index is 1.14. The molecule has 2 N–H and O–H groups in total. The highest BCUT2D eigenvalue weighted by Crippen LogP contribution is 2.33. The number of aryl methyl sites for hydroxylation is 1. The minimum Gasteiger partial charge on any atom is -0.369 e. The van der Waals surface area contributed by atoms with Gasteiger partial charge in [0.15, 0.2) is 0 Å². The molecule has 0 radical (unpaired) electrons. The van der Waals surface area contributed by atoms with Gasteiger partial charge in [-0.25, -0.2) is 14.4 Å². The van der Waals surface area contributed by atoms with Crippen LogP contribution in [0.15, 0.2) is 66.9 Å². The third kappa shape index (κ3) is 6.50. The van der Waals surface area contributed by atoms with Crippen LogP contribution in [0.5, 0.6) is 0 Å². The summed E-state index contributed by atoms with van der Waals surface area (Å²) in [4.78, 5) is 41.5. The zero-order valence-electron chi connectivity index (χ0n) is 25.2. The summed E-state index contributed by atoms with van der Waals surface area (Å²) in [5.41, 5.74) is 2.58. The largest absolute Gasteiger partial charge is 0.419 e. The molecule has 0 unspecified atom stereocenters. The normalized spacial score (nSPS) is 15.5. The zero-order valence-corrected chi connectivity index (χ0v) is 25.2. The van der Waals surface area contributed by atoms with Crippen LogP contribution in [0.2, 0.25) is 0 Å². The van der Waals surface area contributed by atoms with Gasteiger partial charge in [0.05, 0.1) is 16.8 Å². The Labute approximate surface area is 262 Å². The molecule has 2 aliphatic heterocycles. The molecule has 6 rings (SSSR count). The van der Waals surface area contributed by atoms with Gasteiger partial charge in [-0.1, -0.05) is 6.07 Å². The van der Waals surface area contributed by atoms with Crippen molar-refractivity contribution in [3.63, 3.8) is 0 Å². The monoisotopic (exact) mass is 633 g/mol. The van der Waals surface area contributed by atoms with Crippen molar-refractivity contribution >= 4 is 40.5 Å². The number of hydrogen-bond acceptors (Lipinski definition) is 7. The quantitative estimate of drug-likeness (QED) is 0.256. The molecule has 0 saturated carbocycles. The topological polar surface area (TPSA) is 93.7 Å². The van der Waals surface area contributed by atoms with Crippen LogP contribution in [-0.2, 0) is 12.6 Å². The van der Waals surface area contributed by atoms with Crippen LogP contribution in [0, 0.1) is 12.7 Å². The zero-order chi connectivity index (χ0) is 32.6. The number of likely N-dealkylation sites (N-methyl/N-ethyl adjacent to an activating group) is 1. The molecular formula is C33H31F4N7O2. The molecule has 0 atom stereocenters. The van der Waals surface area contributed by atoms with Gasteiger partial charge in [0, 0.05) is 73.7 Å². The van der Waals surface area contributed by atoms with Gasteiger partial charge >= 0.3 is 6.18 Å². The predicted molar refractivity (Wildman–Crippen MR) is 167 cm³/mol. The summed E-state index contributed by atoms with van der Waals surface area (Å²) in [5.74, 6) is -2.25. The van der Waals surface area contributed by atoms with Crippen molar-refractivity contribution in [1.82, 2.24) is 14.9 Å². The second kappa shape index (κ2) is 12.4. The van der Waals surface area contributed by atoms with Crippen LogP contribution in [0.4, 0.5) is 46.3 Å². The fourth-order valence-electron chi connectivity index (χ4n) is 5.56. The summed E-state index contributed by atoms with van der Waals surface area (Å²) in [6, 6.07) is 15.0. The fraction of sp³-hybridized carbons (Fsp3) is 0.273. The first-order valence-corrected chi connectivity index (χ1v) is 14.7. The Morgan fingerprint density at radius 2 is 1.63 bits per heavy atom. The van der Waals surface area contributed by atoms with Gasteiger partial charge in [0.1, 0.15) is 5.82 Å². The molecule has 46 heavy (non-hydrogen) atoms. The van der Waals surface area contributed by atoms with E-state index in [4.69, 9.17) is 0 Å². The number of alkyl halides is 3. The van der Waals surface area contributed by atoms with Gasteiger partial charge in [0.25, 0.3) is 11.8 Å². The van der Waals surface area contributed by atoms with E-state index in [0.29, 0.717) is 48.0 Å². The van der Waals surface area contributed by atoms with Gasteiger partial charge in [-0.15, -0.1) is 0 Å². The Morgan fingerprint density at radius 1 is 0.913 bits per heavy atom. The average Bonchev–Trinajstić information content (AvgIpc) is 3.03. The molecule has 2 amide bonds. The van der Waals surface area contributed by atoms with E-state index in [0.717, 1.165) is 49.2 Å². The van der Waals surface area contributed by atoms with E-state index in [9.17, 15) is 27.2 Å². The molecule has 9 nitrogen and oxygen atoms in total. The number of carbonyl (C=O) groups is 2. The Hall–Kier alpha value is -5.04. The summed E-state index contributed by atoms with van der Waals surface area (Å²) in [6.45, 7) is 6.11. The van der Waals surface area contributed by atoms with Crippen LogP contribution in [-0.4, -0.2) is 66.5 Å². The second-order valence-corrected chi connectivity index (χ2v) is 11.4. The maximum Gasteiger partial charge on any atom is 0.419 e. The number of rotatable bonds is 6. The molecule has 3 heterocycles. The van der Waals surface area contributed by atoms with Gasteiger partial charge in [-0.2, -0.15) is 13.2 Å². The third-order valence-corrected chi connectivity index (χ3v) is 8.20. The second-order valence-electron chi connectivity index (χ2n) is 11.4. The van der Waals surface area contributed by atoms with Gasteiger partial charge in [-0.05, 0) is 74.1 Å². The van der Waals surface area contributed by atoms with Crippen molar-refractivity contribution in [2.45, 2.75) is 19.5 Å². The van der Waals surface area contributed by atoms with Gasteiger partial charge < -0.3 is 25.3 Å². The van der Waals surface area contributed by atoms with E-state index in [1.165, 1.54) is 6.20 Å². The number of piperazine rings is 1. The van der Waals surface area contributed by atoms with E-state index in [1.54, 1.807) is 30.0 Å². The summed E-state index contributed by atoms with van der Waals surface area (Å²) in [6.07, 6.45) is -3.00. The molecule has 2 aliphatic rings. The van der Waals surface area contributed by atoms with E-state index in [2.05, 4.69) is 49.6 Å². The molecule has 1 fully saturated rings. The number of halogens is 4. The average molecular weight is 634 g/mol. The predicted octanol–water partition coefficient (Wildman–Crippen LogP) is 5.89. The number of hydrogen-bond donors (Lipinski definition) is 2. The molecule has 1 saturated heterocycles. The lowest BCUT2D eigenvalue weighted by Crippen LogP contribution is -2.44. The molecule has 1 aromatic heterocycles. The maximum absolute atomic E-state index is 13.7. The van der Waals surface area contributed by atoms with Crippen molar-refractivity contribution in [3.05, 3.63) is 101 Å². The number of amides is 2. The number of nitrogens with one attached hydrogen (secondary N) is 2. The Kier molecular flexibility index (Phi) is 8.34. The van der Waals surface area contributed by atoms with Crippen LogP contribution in [0.3, 0.4) is 0 Å². The van der Waals surface area contributed by atoms with Crippen LogP contribution < -0.4 is 20.4 Å². The van der Waals surface area contributed by atoms with Crippen LogP contribution >= 0.6 is 0 Å². The number of nitrogens with zero attached hydrogens (tertiary/aromatic N) is 5. The van der Waals surface area contributed by atoms with Crippen molar-refractivity contribution < 1.29 is 27.2 Å². The molecule has 0 spiro atoms. The van der Waals surface area contributed by atoms with E-state index in [1.807, 2.05) is 12.1 Å². The fourth-order valence-corrected chi connectivity index (χ4v) is 5.56. The van der Waals surface area contributed by atoms with Gasteiger partial charge in [-0.3, -0.25) is 9.59 Å². The SMILES string of the molecule is Cc1ccc(NC(=O)c2ccc(F)c(C(F)(F)F)c2)cc1N1CCc2nc(Nc3ccc(N4CCN(C)CC4)cc3)ncc2C1=O. The number of aromatic nitrogens is 2. The molecule has 13 heteroatoms. The smallest absolute Gasteiger partial charge is 0.369 e. The molecular weight excluding hydrogens is 602 g/mol. The minimum atomic E-state index is -4.95. The molecule has 0 bridgehead atoms. The van der Waals surface area contributed by atoms with E-state index in [-0.39, 0.29) is 17.2 Å². The number of anilines is 5. The minimum absolute atomic E-state index is 0.261. The highest BCUT2D eigenvalue weighted by atomic mass is 19.4. The van der Waals surface area contributed by atoms with Crippen LogP contribution in [0.1, 0.15) is 37.5 Å². The van der Waals surface area contributed by atoms with E-state index >= 15 is 0 Å². The summed E-state index contributed by atoms with van der Waals surface area (Å²) in [5, 5.41) is 5.76. The molecule has 238 valence electrons. The lowest BCUT2D eigenvalue weighted by molar-refractivity contribution is -0.140. The summed E-state index contributed by atoms with van der Waals surface area (Å²) < 4.78 is 53.1. The third-order valence-electron chi connectivity index (χ3n) is 8.20. The molecule has 4 aromatic rings. The summed E-state index contributed by atoms with van der Waals surface area (Å²) in [7, 11) is 2.12. The van der Waals surface area contributed by atoms with Crippen molar-refractivity contribution in [2.75, 3.05) is 60.2 Å². The molecule has 0 aliphatic carbocycles. The highest BCUT2D eigenvalue weighted by molar-refractivity contribution is 6.09. The van der Waals surface area contributed by atoms with Gasteiger partial charge in [0.2, 0.25) is 5.95 Å². The maximum atomic E-state index is 13.7. The van der Waals surface area contributed by atoms with Crippen molar-refractivity contribution in [3.8, 4) is 0 Å². The first-order valence-electron chi connectivity index (χ1n) is 14.7. The Morgan fingerprint density at radius 3 is 2.35 bits per heavy atom. The standard InChI is InChI=1S/C33H31F4N7O2/c1-20-3-5-23(39-30(45)21-4-10-27(34)26(17-21)33(35,36)37)18-29(20)44-12-11-28-25(31(44)46)19-38-32(41-28)40-22-6-8-24(9-7-22)43-15-13-42(2)14-16-43/h3-10,17-19H,11-16H2,1-2H3,(H,39,45)(H,38,40,41). The number of carbonyl (C=O) groups excluding carboxylic acids is 2. The van der Waals surface area contributed by atoms with Crippen molar-refractivity contribution in [1.29, 1.82) is 0 Å². The number of benzene rings is 3. The first kappa shape index (κ1) is 31.0. The highest BCUT2D eigenvalue weighted by Gasteiger charge is 2.35. The van der Waals surface area contributed by atoms with Crippen molar-refractivity contribution in [2.24, 2.45) is 0 Å². The lowest BCUT2D eigenvalue weighted by atomic mass is 10.0. The lowest BCUT2D eigenvalue weighted by Gasteiger charge is -2.34. The Bertz CT molecular complexity index is 1790.